The van der Waals surface area contributed by atoms with Crippen molar-refractivity contribution in [1.82, 2.24) is 0 Å². The Hall–Kier alpha value is -0.633. The third-order valence-electron chi connectivity index (χ3n) is 1.20. The van der Waals surface area contributed by atoms with E-state index in [0.717, 1.165) is 10.8 Å². The molecule has 1 rings (SSSR count). The minimum Gasteiger partial charge on any atom is -0.246 e. The van der Waals surface area contributed by atoms with E-state index in [0.29, 0.717) is 0 Å². The standard InChI is InChI=1S/C7H7FSi/c8-5-6-3-1-2-4-7(6)9/h1-4,9H,5H2. The first-order chi connectivity index (χ1) is 4.34. The molecule has 0 atom stereocenters. The van der Waals surface area contributed by atoms with Crippen LogP contribution in [0.2, 0.25) is 0 Å². The molecular formula is C7H7FSi. The maximum Gasteiger partial charge on any atom is 0.114 e. The third-order valence-corrected chi connectivity index (χ3v) is 1.76. The molecule has 2 radical (unpaired) electrons. The van der Waals surface area contributed by atoms with Gasteiger partial charge >= 0.3 is 0 Å². The van der Waals surface area contributed by atoms with E-state index in [2.05, 4.69) is 10.2 Å². The second-order valence-electron chi connectivity index (χ2n) is 1.83. The SMILES string of the molecule is FCc1ccccc1[SiH]. The molecule has 0 spiro atoms. The van der Waals surface area contributed by atoms with Gasteiger partial charge in [-0.15, -0.1) is 0 Å². The maximum atomic E-state index is 12.0. The van der Waals surface area contributed by atoms with Crippen molar-refractivity contribution in [1.29, 1.82) is 0 Å². The van der Waals surface area contributed by atoms with E-state index in [1.807, 2.05) is 18.2 Å². The van der Waals surface area contributed by atoms with Gasteiger partial charge in [0.1, 0.15) is 6.67 Å². The average molecular weight is 138 g/mol. The number of benzene rings is 1. The summed E-state index contributed by atoms with van der Waals surface area (Å²) in [4.78, 5) is 0. The summed E-state index contributed by atoms with van der Waals surface area (Å²) < 4.78 is 12.0. The van der Waals surface area contributed by atoms with Crippen molar-refractivity contribution < 1.29 is 4.39 Å². The van der Waals surface area contributed by atoms with Crippen molar-refractivity contribution in [3.05, 3.63) is 29.8 Å². The summed E-state index contributed by atoms with van der Waals surface area (Å²) in [6.07, 6.45) is 0. The van der Waals surface area contributed by atoms with E-state index in [4.69, 9.17) is 0 Å². The normalized spacial score (nSPS) is 9.56. The van der Waals surface area contributed by atoms with Crippen molar-refractivity contribution >= 4 is 15.4 Å². The fourth-order valence-electron chi connectivity index (χ4n) is 0.656. The molecule has 2 heteroatoms. The highest BCUT2D eigenvalue weighted by Gasteiger charge is 1.91. The number of alkyl halides is 1. The summed E-state index contributed by atoms with van der Waals surface area (Å²) in [6, 6.07) is 7.38. The first-order valence-corrected chi connectivity index (χ1v) is 3.31. The van der Waals surface area contributed by atoms with Crippen LogP contribution in [0.4, 0.5) is 4.39 Å². The Labute approximate surface area is 57.1 Å². The van der Waals surface area contributed by atoms with E-state index in [-0.39, 0.29) is 6.67 Å². The van der Waals surface area contributed by atoms with Crippen LogP contribution in [0.25, 0.3) is 0 Å². The predicted octanol–water partition coefficient (Wildman–Crippen LogP) is 0.682. The van der Waals surface area contributed by atoms with Gasteiger partial charge in [-0.05, 0) is 5.56 Å². The fraction of sp³-hybridized carbons (Fsp3) is 0.143. The van der Waals surface area contributed by atoms with Gasteiger partial charge in [0, 0.05) is 0 Å². The molecule has 0 aromatic heterocycles. The van der Waals surface area contributed by atoms with Crippen LogP contribution in [-0.4, -0.2) is 10.2 Å². The van der Waals surface area contributed by atoms with Crippen molar-refractivity contribution in [2.24, 2.45) is 0 Å². The summed E-state index contributed by atoms with van der Waals surface area (Å²) in [7, 11) is 2.49. The summed E-state index contributed by atoms with van der Waals surface area (Å²) in [5.41, 5.74) is 0.752. The molecule has 0 N–H and O–H groups in total. The van der Waals surface area contributed by atoms with E-state index < -0.39 is 0 Å². The molecule has 0 saturated carbocycles. The van der Waals surface area contributed by atoms with Crippen molar-refractivity contribution in [2.75, 3.05) is 0 Å². The molecule has 0 fully saturated rings. The summed E-state index contributed by atoms with van der Waals surface area (Å²) in [6.45, 7) is -0.375. The lowest BCUT2D eigenvalue weighted by Crippen LogP contribution is -2.07. The molecule has 0 bridgehead atoms. The molecular weight excluding hydrogens is 131 g/mol. The van der Waals surface area contributed by atoms with E-state index in [9.17, 15) is 4.39 Å². The topological polar surface area (TPSA) is 0 Å². The summed E-state index contributed by atoms with van der Waals surface area (Å²) in [5, 5.41) is 0.944. The molecule has 0 amide bonds. The quantitative estimate of drug-likeness (QED) is 0.501. The van der Waals surface area contributed by atoms with E-state index in [1.54, 1.807) is 6.07 Å². The third kappa shape index (κ3) is 1.39. The van der Waals surface area contributed by atoms with Gasteiger partial charge in [0.25, 0.3) is 0 Å². The first kappa shape index (κ1) is 6.49. The van der Waals surface area contributed by atoms with Crippen LogP contribution in [0.3, 0.4) is 0 Å². The largest absolute Gasteiger partial charge is 0.246 e. The Morgan fingerprint density at radius 3 is 2.44 bits per heavy atom. The van der Waals surface area contributed by atoms with E-state index >= 15 is 0 Å². The molecule has 46 valence electrons. The molecule has 1 aromatic carbocycles. The predicted molar refractivity (Wildman–Crippen MR) is 38.0 cm³/mol. The van der Waals surface area contributed by atoms with Crippen LogP contribution >= 0.6 is 0 Å². The number of halogens is 1. The molecule has 0 aliphatic heterocycles. The monoisotopic (exact) mass is 138 g/mol. The van der Waals surface area contributed by atoms with Crippen LogP contribution < -0.4 is 5.19 Å². The molecule has 0 nitrogen and oxygen atoms in total. The zero-order valence-corrected chi connectivity index (χ0v) is 6.13. The van der Waals surface area contributed by atoms with Crippen LogP contribution in [0.5, 0.6) is 0 Å². The molecule has 1 aromatic rings. The van der Waals surface area contributed by atoms with Crippen molar-refractivity contribution in [3.63, 3.8) is 0 Å². The Morgan fingerprint density at radius 2 is 2.00 bits per heavy atom. The van der Waals surface area contributed by atoms with Gasteiger partial charge in [0.05, 0.1) is 10.2 Å². The second kappa shape index (κ2) is 2.78. The summed E-state index contributed by atoms with van der Waals surface area (Å²) >= 11 is 0. The smallest absolute Gasteiger partial charge is 0.114 e. The Balaban J connectivity index is 3.01. The van der Waals surface area contributed by atoms with Gasteiger partial charge < -0.3 is 0 Å². The van der Waals surface area contributed by atoms with Gasteiger partial charge in [0.2, 0.25) is 0 Å². The van der Waals surface area contributed by atoms with Crippen LogP contribution in [-0.2, 0) is 6.67 Å². The lowest BCUT2D eigenvalue weighted by atomic mass is 10.2. The minimum absolute atomic E-state index is 0.375. The highest BCUT2D eigenvalue weighted by Crippen LogP contribution is 1.95. The van der Waals surface area contributed by atoms with Crippen LogP contribution in [0.1, 0.15) is 5.56 Å². The lowest BCUT2D eigenvalue weighted by molar-refractivity contribution is 0.487. The van der Waals surface area contributed by atoms with Crippen LogP contribution in [0.15, 0.2) is 24.3 Å². The highest BCUT2D eigenvalue weighted by molar-refractivity contribution is 6.33. The van der Waals surface area contributed by atoms with Crippen LogP contribution in [0, 0.1) is 0 Å². The number of hydrogen-bond donors (Lipinski definition) is 0. The molecule has 0 unspecified atom stereocenters. The van der Waals surface area contributed by atoms with Crippen molar-refractivity contribution in [2.45, 2.75) is 6.67 Å². The Bertz CT molecular complexity index is 198. The highest BCUT2D eigenvalue weighted by atomic mass is 28.1. The Kier molecular flexibility index (Phi) is 2.00. The van der Waals surface area contributed by atoms with Gasteiger partial charge in [-0.25, -0.2) is 4.39 Å². The van der Waals surface area contributed by atoms with Crippen molar-refractivity contribution in [3.8, 4) is 0 Å². The molecule has 0 saturated heterocycles. The zero-order valence-electron chi connectivity index (χ0n) is 4.97. The van der Waals surface area contributed by atoms with Gasteiger partial charge in [-0.2, -0.15) is 0 Å². The number of hydrogen-bond acceptors (Lipinski definition) is 0. The maximum absolute atomic E-state index is 12.0. The zero-order chi connectivity index (χ0) is 6.69. The molecule has 0 aliphatic carbocycles. The molecule has 0 aliphatic rings. The number of rotatable bonds is 1. The molecule has 9 heavy (non-hydrogen) atoms. The second-order valence-corrected chi connectivity index (χ2v) is 2.45. The first-order valence-electron chi connectivity index (χ1n) is 2.74. The Morgan fingerprint density at radius 1 is 1.33 bits per heavy atom. The van der Waals surface area contributed by atoms with E-state index in [1.165, 1.54) is 0 Å². The lowest BCUT2D eigenvalue weighted by Gasteiger charge is -1.96. The summed E-state index contributed by atoms with van der Waals surface area (Å²) in [5.74, 6) is 0. The minimum atomic E-state index is -0.375. The molecule has 0 heterocycles. The van der Waals surface area contributed by atoms with Gasteiger partial charge in [-0.1, -0.05) is 29.5 Å². The van der Waals surface area contributed by atoms with Gasteiger partial charge in [0.15, 0.2) is 0 Å². The average Bonchev–Trinajstić information content (AvgIpc) is 1.89. The van der Waals surface area contributed by atoms with Gasteiger partial charge in [-0.3, -0.25) is 0 Å². The fourth-order valence-corrected chi connectivity index (χ4v) is 0.940.